The van der Waals surface area contributed by atoms with Gasteiger partial charge in [-0.05, 0) is 131 Å². The van der Waals surface area contributed by atoms with Crippen LogP contribution < -0.4 is 20.9 Å². The second-order valence-corrected chi connectivity index (χ2v) is 25.3. The Hall–Kier alpha value is -1.81. The summed E-state index contributed by atoms with van der Waals surface area (Å²) in [5.41, 5.74) is 16.1. The molecule has 0 aliphatic carbocycles. The fourth-order valence-corrected chi connectivity index (χ4v) is 9.42. The minimum Gasteiger partial charge on any atom is 2.00 e. The first-order valence-electron chi connectivity index (χ1n) is 26.3. The van der Waals surface area contributed by atoms with Crippen molar-refractivity contribution in [2.45, 2.75) is 158 Å². The van der Waals surface area contributed by atoms with Gasteiger partial charge in [0.1, 0.15) is 0 Å². The molecule has 0 saturated carbocycles. The van der Waals surface area contributed by atoms with Crippen molar-refractivity contribution in [2.75, 3.05) is 77.3 Å². The van der Waals surface area contributed by atoms with E-state index in [0.717, 1.165) is 0 Å². The van der Waals surface area contributed by atoms with Crippen LogP contribution in [-0.4, -0.2) is 103 Å². The van der Waals surface area contributed by atoms with Crippen LogP contribution in [0.4, 0.5) is 22.7 Å². The molecule has 8 nitrogen and oxygen atoms in total. The molecule has 74 heavy (non-hydrogen) atoms. The van der Waals surface area contributed by atoms with E-state index in [1.54, 1.807) is 0 Å². The van der Waals surface area contributed by atoms with E-state index in [4.69, 9.17) is 18.6 Å². The molecule has 0 saturated heterocycles. The van der Waals surface area contributed by atoms with Crippen LogP contribution in [0.2, 0.25) is 0 Å². The summed E-state index contributed by atoms with van der Waals surface area (Å²) in [5.74, 6) is 3.59. The first kappa shape index (κ1) is 74.3. The van der Waals surface area contributed by atoms with Crippen LogP contribution >= 0.6 is 18.6 Å². The number of halogens is 2. The minimum absolute atomic E-state index is 0. The predicted molar refractivity (Wildman–Crippen MR) is 335 cm³/mol. The zero-order chi connectivity index (χ0) is 54.2. The fraction of sp³-hybridized carbons (Fsp3) is 0.552. The van der Waals surface area contributed by atoms with Gasteiger partial charge < -0.3 is 55.0 Å². The van der Waals surface area contributed by atoms with Crippen molar-refractivity contribution in [3.63, 3.8) is 0 Å². The van der Waals surface area contributed by atoms with Gasteiger partial charge in [0.25, 0.3) is 0 Å². The van der Waals surface area contributed by atoms with Gasteiger partial charge in [-0.2, -0.15) is 0 Å². The third kappa shape index (κ3) is 21.1. The third-order valence-corrected chi connectivity index (χ3v) is 13.5. The van der Waals surface area contributed by atoms with Gasteiger partial charge in [0.2, 0.25) is 0 Å². The molecule has 0 atom stereocenters. The van der Waals surface area contributed by atoms with Crippen molar-refractivity contribution >= 4 is 68.9 Å². The van der Waals surface area contributed by atoms with Crippen LogP contribution in [0.25, 0.3) is 0 Å². The molecule has 16 heteroatoms. The molecule has 4 aromatic rings. The van der Waals surface area contributed by atoms with Crippen LogP contribution in [0.15, 0.2) is 72.8 Å². The van der Waals surface area contributed by atoms with Crippen LogP contribution in [0.3, 0.4) is 0 Å². The Bertz CT molecular complexity index is 1780. The summed E-state index contributed by atoms with van der Waals surface area (Å²) in [6, 6.07) is 27.0. The third-order valence-electron chi connectivity index (χ3n) is 13.5. The van der Waals surface area contributed by atoms with Crippen molar-refractivity contribution in [1.82, 2.24) is 19.2 Å². The van der Waals surface area contributed by atoms with E-state index in [-0.39, 0.29) is 64.1 Å². The molecule has 2 radical (unpaired) electrons. The molecule has 4 N–H and O–H groups in total. The van der Waals surface area contributed by atoms with Crippen LogP contribution in [0, 0.1) is 14.9 Å². The molecular weight excluding hydrogens is 1020 g/mol. The van der Waals surface area contributed by atoms with Crippen molar-refractivity contribution in [3.05, 3.63) is 132 Å². The maximum Gasteiger partial charge on any atom is 2.00 e. The van der Waals surface area contributed by atoms with Crippen LogP contribution in [0.5, 0.6) is 0 Å². The van der Waals surface area contributed by atoms with Gasteiger partial charge in [-0.25, -0.2) is 0 Å². The molecule has 0 amide bonds. The van der Waals surface area contributed by atoms with E-state index < -0.39 is 17.0 Å². The molecule has 0 bridgehead atoms. The smallest absolute Gasteiger partial charge is 2.00 e. The summed E-state index contributed by atoms with van der Waals surface area (Å²) >= 11 is -0.556. The Morgan fingerprint density at radius 1 is 0.365 bits per heavy atom. The van der Waals surface area contributed by atoms with E-state index in [0.29, 0.717) is 47.3 Å². The maximum atomic E-state index is 4.89. The van der Waals surface area contributed by atoms with E-state index in [1.807, 2.05) is 0 Å². The second-order valence-electron chi connectivity index (χ2n) is 22.8. The molecule has 0 unspecified atom stereocenters. The summed E-state index contributed by atoms with van der Waals surface area (Å²) in [7, 11) is 27.1. The quantitative estimate of drug-likeness (QED) is 0.0459. The van der Waals surface area contributed by atoms with E-state index in [1.165, 1.54) is 67.3 Å². The van der Waals surface area contributed by atoms with Gasteiger partial charge in [0, 0.05) is 11.4 Å². The number of anilines is 4. The van der Waals surface area contributed by atoms with Gasteiger partial charge in [-0.3, -0.25) is 0 Å². The standard InChI is InChI=1S/2C28H48B2N4.2CH3.2ClH.2Ti/c2*1-19(2)23-15-13-16-24(20(3)4)27(23)31-29(33(9)10)30(34(11)12)32-28-25(21(5)6)17-14-18-26(28)22(7)8;;;;;;/h2*13-22,31-32H,1-12H3;2*1H3;2*1H;;/q4*-1;;;2*+2/p-2. The average Bonchev–Trinajstić information content (AvgIpc) is 3.27. The van der Waals surface area contributed by atoms with Crippen molar-refractivity contribution in [3.8, 4) is 0 Å². The van der Waals surface area contributed by atoms with E-state index in [2.05, 4.69) is 280 Å². The summed E-state index contributed by atoms with van der Waals surface area (Å²) < 4.78 is 0. The Kier molecular flexibility index (Phi) is 35.8. The first-order valence-corrected chi connectivity index (χ1v) is 30.6. The number of nitrogens with one attached hydrogen (secondary N) is 4. The monoisotopic (exact) mass is 1120 g/mol. The summed E-state index contributed by atoms with van der Waals surface area (Å²) in [4.78, 5) is 9.19. The SMILES string of the molecule is CC(C)c1cccc(C(C)C)c1NB([B-](Nc1c(C(C)C)cccc1C(C)C)N(C)C)N(C)C.CC(C)c1cccc(C(C)C)c1NB([B-](Nc1c(C(C)C)cccc1C(C)C)N(C)C)N(C)C.[CH3-].[CH3-].[Cl][Ti][Cl].[Ti+2]. The van der Waals surface area contributed by atoms with Crippen LogP contribution in [0.1, 0.15) is 203 Å². The topological polar surface area (TPSA) is 61.1 Å². The number of benzene rings is 4. The largest absolute Gasteiger partial charge is 2.00 e. The molecule has 0 heterocycles. The number of hydrogen-bond acceptors (Lipinski definition) is 8. The van der Waals surface area contributed by atoms with Gasteiger partial charge in [-0.1, -0.05) is 212 Å². The zero-order valence-corrected chi connectivity index (χ0v) is 56.0. The van der Waals surface area contributed by atoms with Gasteiger partial charge >= 0.3 is 57.4 Å². The molecule has 4 aromatic carbocycles. The van der Waals surface area contributed by atoms with E-state index >= 15 is 0 Å². The molecule has 4 rings (SSSR count). The molecule has 410 valence electrons. The van der Waals surface area contributed by atoms with Crippen molar-refractivity contribution < 1.29 is 38.7 Å². The summed E-state index contributed by atoms with van der Waals surface area (Å²) in [6.07, 6.45) is 0. The van der Waals surface area contributed by atoms with E-state index in [9.17, 15) is 0 Å². The van der Waals surface area contributed by atoms with Gasteiger partial charge in [0.15, 0.2) is 13.7 Å². The molecule has 0 aliphatic heterocycles. The maximum absolute atomic E-state index is 4.89. The minimum atomic E-state index is -0.556. The van der Waals surface area contributed by atoms with Crippen molar-refractivity contribution in [2.24, 2.45) is 0 Å². The Balaban J connectivity index is 0. The van der Waals surface area contributed by atoms with Gasteiger partial charge in [0.05, 0.1) is 13.7 Å². The van der Waals surface area contributed by atoms with Crippen LogP contribution in [-0.2, 0) is 38.7 Å². The number of nitrogens with zero attached hydrogens (tertiary/aromatic N) is 4. The first-order chi connectivity index (χ1) is 33.1. The van der Waals surface area contributed by atoms with Gasteiger partial charge in [-0.15, -0.1) is 0 Å². The number of rotatable bonds is 22. The molecular formula is C58H102B4Cl2N8Ti2-2. The number of para-hydroxylation sites is 4. The fourth-order valence-electron chi connectivity index (χ4n) is 9.42. The Labute approximate surface area is 490 Å². The summed E-state index contributed by atoms with van der Waals surface area (Å²) in [6.45, 7) is 36.8. The predicted octanol–water partition coefficient (Wildman–Crippen LogP) is 16.0. The average molecular weight is 1120 g/mol. The number of hydrogen-bond donors (Lipinski definition) is 4. The molecule has 0 aromatic heterocycles. The Morgan fingerprint density at radius 2 is 0.527 bits per heavy atom. The zero-order valence-electron chi connectivity index (χ0n) is 51.4. The molecule has 0 spiro atoms. The second kappa shape index (κ2) is 35.6. The van der Waals surface area contributed by atoms with Crippen molar-refractivity contribution in [1.29, 1.82) is 0 Å². The summed E-state index contributed by atoms with van der Waals surface area (Å²) in [5, 5.41) is 16.0. The molecule has 0 fully saturated rings. The normalized spacial score (nSPS) is 11.4. The Morgan fingerprint density at radius 3 is 0.662 bits per heavy atom. The molecule has 0 aliphatic rings.